The van der Waals surface area contributed by atoms with Crippen LogP contribution >= 0.6 is 0 Å². The second-order valence-corrected chi connectivity index (χ2v) is 6.02. The number of morpholine rings is 1. The van der Waals surface area contributed by atoms with E-state index in [0.717, 1.165) is 25.6 Å². The topological polar surface area (TPSA) is 38.5 Å². The largest absolute Gasteiger partial charge is 0.375 e. The zero-order valence-corrected chi connectivity index (χ0v) is 11.4. The van der Waals surface area contributed by atoms with Crippen LogP contribution in [0.1, 0.15) is 46.0 Å². The lowest BCUT2D eigenvalue weighted by Gasteiger charge is -2.47. The molecule has 0 bridgehead atoms. The maximum absolute atomic E-state index is 5.99. The van der Waals surface area contributed by atoms with E-state index in [0.29, 0.717) is 18.2 Å². The molecule has 3 unspecified atom stereocenters. The van der Waals surface area contributed by atoms with Gasteiger partial charge in [-0.1, -0.05) is 26.7 Å². The molecule has 2 aliphatic rings. The molecule has 17 heavy (non-hydrogen) atoms. The van der Waals surface area contributed by atoms with Gasteiger partial charge in [-0.05, 0) is 25.2 Å². The minimum Gasteiger partial charge on any atom is -0.375 e. The van der Waals surface area contributed by atoms with Crippen LogP contribution < -0.4 is 5.73 Å². The van der Waals surface area contributed by atoms with Crippen molar-refractivity contribution < 1.29 is 4.74 Å². The Labute approximate surface area is 106 Å². The monoisotopic (exact) mass is 240 g/mol. The highest BCUT2D eigenvalue weighted by Gasteiger charge is 2.37. The molecule has 0 aromatic rings. The van der Waals surface area contributed by atoms with Gasteiger partial charge >= 0.3 is 0 Å². The maximum Gasteiger partial charge on any atom is 0.0731 e. The summed E-state index contributed by atoms with van der Waals surface area (Å²) < 4.78 is 5.93. The molecule has 1 aliphatic carbocycles. The predicted octanol–water partition coefficient (Wildman–Crippen LogP) is 2.00. The molecule has 0 radical (unpaired) electrons. The Hall–Kier alpha value is -0.120. The van der Waals surface area contributed by atoms with E-state index in [1.165, 1.54) is 32.1 Å². The molecule has 0 amide bonds. The van der Waals surface area contributed by atoms with E-state index in [4.69, 9.17) is 10.5 Å². The highest BCUT2D eigenvalue weighted by molar-refractivity contribution is 4.91. The van der Waals surface area contributed by atoms with Crippen molar-refractivity contribution in [3.05, 3.63) is 0 Å². The summed E-state index contributed by atoms with van der Waals surface area (Å²) >= 11 is 0. The fraction of sp³-hybridized carbons (Fsp3) is 1.00. The summed E-state index contributed by atoms with van der Waals surface area (Å²) in [5, 5.41) is 0. The van der Waals surface area contributed by atoms with Crippen LogP contribution in [0.5, 0.6) is 0 Å². The maximum atomic E-state index is 5.99. The van der Waals surface area contributed by atoms with E-state index in [-0.39, 0.29) is 0 Å². The Morgan fingerprint density at radius 3 is 2.76 bits per heavy atom. The minimum absolute atomic E-state index is 0.485. The van der Waals surface area contributed by atoms with E-state index < -0.39 is 0 Å². The van der Waals surface area contributed by atoms with Crippen LogP contribution in [-0.4, -0.2) is 42.8 Å². The summed E-state index contributed by atoms with van der Waals surface area (Å²) in [4.78, 5) is 2.66. The van der Waals surface area contributed by atoms with Crippen LogP contribution in [0, 0.1) is 5.92 Å². The van der Waals surface area contributed by atoms with Crippen LogP contribution in [0.15, 0.2) is 0 Å². The van der Waals surface area contributed by atoms with Crippen LogP contribution in [0.2, 0.25) is 0 Å². The zero-order valence-electron chi connectivity index (χ0n) is 11.4. The average molecular weight is 240 g/mol. The summed E-state index contributed by atoms with van der Waals surface area (Å²) in [6, 6.07) is 1.20. The van der Waals surface area contributed by atoms with Crippen LogP contribution in [0.4, 0.5) is 0 Å². The standard InChI is InChI=1S/C14H28N2O/c1-11(2)9-12(10-15)16-7-8-17-14-6-4-3-5-13(14)16/h11-14H,3-10,15H2,1-2H3. The minimum atomic E-state index is 0.485. The molecule has 1 saturated carbocycles. The molecule has 2 fully saturated rings. The van der Waals surface area contributed by atoms with Crippen LogP contribution in [0.3, 0.4) is 0 Å². The van der Waals surface area contributed by atoms with Gasteiger partial charge in [0.25, 0.3) is 0 Å². The summed E-state index contributed by atoms with van der Waals surface area (Å²) in [6.07, 6.45) is 6.96. The molecule has 1 aliphatic heterocycles. The molecular weight excluding hydrogens is 212 g/mol. The number of nitrogens with two attached hydrogens (primary N) is 1. The number of hydrogen-bond donors (Lipinski definition) is 1. The first kappa shape index (κ1) is 13.3. The van der Waals surface area contributed by atoms with Gasteiger partial charge in [0, 0.05) is 25.2 Å². The van der Waals surface area contributed by atoms with Gasteiger partial charge in [-0.3, -0.25) is 4.90 Å². The van der Waals surface area contributed by atoms with E-state index in [1.807, 2.05) is 0 Å². The number of hydrogen-bond acceptors (Lipinski definition) is 3. The van der Waals surface area contributed by atoms with Crippen molar-refractivity contribution in [2.24, 2.45) is 11.7 Å². The van der Waals surface area contributed by atoms with Crippen molar-refractivity contribution in [2.45, 2.75) is 64.1 Å². The highest BCUT2D eigenvalue weighted by Crippen LogP contribution is 2.30. The number of ether oxygens (including phenoxy) is 1. The van der Waals surface area contributed by atoms with Crippen molar-refractivity contribution in [1.29, 1.82) is 0 Å². The molecule has 2 N–H and O–H groups in total. The molecule has 3 heteroatoms. The van der Waals surface area contributed by atoms with Gasteiger partial charge < -0.3 is 10.5 Å². The van der Waals surface area contributed by atoms with Crippen molar-refractivity contribution in [3.63, 3.8) is 0 Å². The lowest BCUT2D eigenvalue weighted by Crippen LogP contribution is -2.58. The Morgan fingerprint density at radius 1 is 1.29 bits per heavy atom. The van der Waals surface area contributed by atoms with Gasteiger partial charge in [0.1, 0.15) is 0 Å². The molecule has 1 heterocycles. The van der Waals surface area contributed by atoms with E-state index >= 15 is 0 Å². The average Bonchev–Trinajstić information content (AvgIpc) is 2.35. The first-order valence-corrected chi connectivity index (χ1v) is 7.29. The SMILES string of the molecule is CC(C)CC(CN)N1CCOC2CCCCC21. The Kier molecular flexibility index (Phi) is 4.83. The summed E-state index contributed by atoms with van der Waals surface area (Å²) in [5.41, 5.74) is 5.99. The lowest BCUT2D eigenvalue weighted by atomic mass is 9.88. The van der Waals surface area contributed by atoms with Gasteiger partial charge in [-0.15, -0.1) is 0 Å². The second-order valence-electron chi connectivity index (χ2n) is 6.02. The smallest absolute Gasteiger partial charge is 0.0731 e. The molecule has 2 rings (SSSR count). The molecule has 0 aromatic carbocycles. The predicted molar refractivity (Wildman–Crippen MR) is 71.0 cm³/mol. The third kappa shape index (κ3) is 3.21. The number of rotatable bonds is 4. The number of nitrogens with zero attached hydrogens (tertiary/aromatic N) is 1. The third-order valence-electron chi connectivity index (χ3n) is 4.26. The summed E-state index contributed by atoms with van der Waals surface area (Å²) in [7, 11) is 0. The van der Waals surface area contributed by atoms with Crippen molar-refractivity contribution >= 4 is 0 Å². The first-order chi connectivity index (χ1) is 8.22. The Bertz CT molecular complexity index is 230. The van der Waals surface area contributed by atoms with E-state index in [2.05, 4.69) is 18.7 Å². The van der Waals surface area contributed by atoms with Crippen LogP contribution in [-0.2, 0) is 4.74 Å². The fourth-order valence-corrected chi connectivity index (χ4v) is 3.49. The normalized spacial score (nSPS) is 32.5. The Morgan fingerprint density at radius 2 is 2.06 bits per heavy atom. The van der Waals surface area contributed by atoms with Crippen LogP contribution in [0.25, 0.3) is 0 Å². The van der Waals surface area contributed by atoms with E-state index in [1.54, 1.807) is 0 Å². The molecule has 1 saturated heterocycles. The van der Waals surface area contributed by atoms with Crippen molar-refractivity contribution in [1.82, 2.24) is 4.90 Å². The van der Waals surface area contributed by atoms with Gasteiger partial charge in [0.05, 0.1) is 12.7 Å². The van der Waals surface area contributed by atoms with Gasteiger partial charge in [0.2, 0.25) is 0 Å². The third-order valence-corrected chi connectivity index (χ3v) is 4.26. The van der Waals surface area contributed by atoms with Gasteiger partial charge in [0.15, 0.2) is 0 Å². The lowest BCUT2D eigenvalue weighted by molar-refractivity contribution is -0.103. The van der Waals surface area contributed by atoms with Crippen molar-refractivity contribution in [2.75, 3.05) is 19.7 Å². The van der Waals surface area contributed by atoms with Crippen molar-refractivity contribution in [3.8, 4) is 0 Å². The molecule has 100 valence electrons. The molecule has 3 nitrogen and oxygen atoms in total. The summed E-state index contributed by atoms with van der Waals surface area (Å²) in [5.74, 6) is 0.730. The first-order valence-electron chi connectivity index (χ1n) is 7.29. The zero-order chi connectivity index (χ0) is 12.3. The fourth-order valence-electron chi connectivity index (χ4n) is 3.49. The second kappa shape index (κ2) is 6.17. The van der Waals surface area contributed by atoms with E-state index in [9.17, 15) is 0 Å². The van der Waals surface area contributed by atoms with Gasteiger partial charge in [-0.25, -0.2) is 0 Å². The molecule has 0 spiro atoms. The van der Waals surface area contributed by atoms with Gasteiger partial charge in [-0.2, -0.15) is 0 Å². The quantitative estimate of drug-likeness (QED) is 0.817. The molecule has 3 atom stereocenters. The molecule has 0 aromatic heterocycles. The highest BCUT2D eigenvalue weighted by atomic mass is 16.5. The summed E-state index contributed by atoms with van der Waals surface area (Å²) in [6.45, 7) is 7.36. The number of fused-ring (bicyclic) bond motifs is 1. The Balaban J connectivity index is 2.00. The molecular formula is C14H28N2O.